The summed E-state index contributed by atoms with van der Waals surface area (Å²) >= 11 is 1.31. The van der Waals surface area contributed by atoms with E-state index in [1.807, 2.05) is 16.7 Å². The maximum Gasteiger partial charge on any atom is 0.228 e. The van der Waals surface area contributed by atoms with Crippen LogP contribution >= 0.6 is 11.8 Å². The highest BCUT2D eigenvalue weighted by molar-refractivity contribution is 7.99. The molecule has 0 radical (unpaired) electrons. The normalized spacial score (nSPS) is 21.2. The molecule has 0 spiro atoms. The number of nitrogens with two attached hydrogens (primary N) is 1. The Bertz CT molecular complexity index is 675. The lowest BCUT2D eigenvalue weighted by Gasteiger charge is -2.35. The maximum atomic E-state index is 11.1. The van der Waals surface area contributed by atoms with Crippen LogP contribution in [0.3, 0.4) is 0 Å². The zero-order valence-electron chi connectivity index (χ0n) is 14.0. The molecular formula is C16H23N5O2S. The van der Waals surface area contributed by atoms with Crippen molar-refractivity contribution in [2.45, 2.75) is 32.0 Å². The average Bonchev–Trinajstić information content (AvgIpc) is 3.14. The maximum absolute atomic E-state index is 11.1. The number of nitrogens with zero attached hydrogens (tertiary/aromatic N) is 4. The molecule has 2 aromatic rings. The Labute approximate surface area is 145 Å². The summed E-state index contributed by atoms with van der Waals surface area (Å²) in [5.74, 6) is 2.71. The number of amides is 1. The van der Waals surface area contributed by atoms with Crippen LogP contribution in [0.15, 0.2) is 28.0 Å². The van der Waals surface area contributed by atoms with Crippen molar-refractivity contribution in [3.63, 3.8) is 0 Å². The van der Waals surface area contributed by atoms with Gasteiger partial charge in [-0.25, -0.2) is 0 Å². The van der Waals surface area contributed by atoms with Crippen LogP contribution in [0.4, 0.5) is 5.95 Å². The summed E-state index contributed by atoms with van der Waals surface area (Å²) in [5.41, 5.74) is 5.27. The van der Waals surface area contributed by atoms with E-state index in [9.17, 15) is 4.79 Å². The summed E-state index contributed by atoms with van der Waals surface area (Å²) in [7, 11) is 0. The molecule has 0 unspecified atom stereocenters. The molecule has 1 aliphatic rings. The van der Waals surface area contributed by atoms with E-state index < -0.39 is 0 Å². The first-order chi connectivity index (χ1) is 11.5. The predicted octanol–water partition coefficient (Wildman–Crippen LogP) is 1.98. The van der Waals surface area contributed by atoms with Crippen molar-refractivity contribution in [1.29, 1.82) is 0 Å². The standard InChI is InChI=1S/C16H23N5O2S/c1-11-6-12(2)8-20(7-11)15-18-19-16(24-10-14(17)22)21(15)9-13-4-3-5-23-13/h3-5,11-12H,6-10H2,1-2H3,(H2,17,22)/t11-,12-/m1/s1. The number of piperidine rings is 1. The van der Waals surface area contributed by atoms with Crippen LogP contribution in [0.1, 0.15) is 26.0 Å². The van der Waals surface area contributed by atoms with E-state index in [2.05, 4.69) is 28.9 Å². The van der Waals surface area contributed by atoms with E-state index in [0.717, 1.165) is 24.8 Å². The molecule has 3 heterocycles. The Morgan fingerprint density at radius 1 is 1.38 bits per heavy atom. The molecular weight excluding hydrogens is 326 g/mol. The highest BCUT2D eigenvalue weighted by atomic mass is 32.2. The zero-order valence-corrected chi connectivity index (χ0v) is 14.8. The average molecular weight is 349 g/mol. The van der Waals surface area contributed by atoms with Crippen LogP contribution in [0.25, 0.3) is 0 Å². The molecule has 3 rings (SSSR count). The van der Waals surface area contributed by atoms with Crippen molar-refractivity contribution in [1.82, 2.24) is 14.8 Å². The highest BCUT2D eigenvalue weighted by Crippen LogP contribution is 2.28. The fourth-order valence-electron chi connectivity index (χ4n) is 3.28. The number of anilines is 1. The number of primary amides is 1. The molecule has 0 bridgehead atoms. The van der Waals surface area contributed by atoms with Crippen LogP contribution in [0.2, 0.25) is 0 Å². The zero-order chi connectivity index (χ0) is 17.1. The monoisotopic (exact) mass is 349 g/mol. The SMILES string of the molecule is C[C@@H]1C[C@@H](C)CN(c2nnc(SCC(N)=O)n2Cc2ccco2)C1. The smallest absolute Gasteiger partial charge is 0.228 e. The molecule has 2 atom stereocenters. The van der Waals surface area contributed by atoms with E-state index >= 15 is 0 Å². The van der Waals surface area contributed by atoms with Crippen LogP contribution in [0.5, 0.6) is 0 Å². The van der Waals surface area contributed by atoms with Crippen LogP contribution in [-0.2, 0) is 11.3 Å². The topological polar surface area (TPSA) is 90.2 Å². The lowest BCUT2D eigenvalue weighted by atomic mass is 9.92. The molecule has 130 valence electrons. The lowest BCUT2D eigenvalue weighted by molar-refractivity contribution is -0.115. The molecule has 1 saturated heterocycles. The molecule has 24 heavy (non-hydrogen) atoms. The van der Waals surface area contributed by atoms with Gasteiger partial charge < -0.3 is 15.1 Å². The quantitative estimate of drug-likeness (QED) is 0.802. The molecule has 8 heteroatoms. The van der Waals surface area contributed by atoms with Gasteiger partial charge in [-0.05, 0) is 30.4 Å². The molecule has 0 aliphatic carbocycles. The summed E-state index contributed by atoms with van der Waals surface area (Å²) in [5, 5.41) is 9.36. The largest absolute Gasteiger partial charge is 0.467 e. The second-order valence-corrected chi connectivity index (χ2v) is 7.50. The lowest BCUT2D eigenvalue weighted by Crippen LogP contribution is -2.40. The number of furan rings is 1. The highest BCUT2D eigenvalue weighted by Gasteiger charge is 2.27. The second-order valence-electron chi connectivity index (χ2n) is 6.55. The van der Waals surface area contributed by atoms with Crippen molar-refractivity contribution >= 4 is 23.6 Å². The number of carbonyl (C=O) groups is 1. The molecule has 2 N–H and O–H groups in total. The van der Waals surface area contributed by atoms with Crippen LogP contribution in [0, 0.1) is 11.8 Å². The van der Waals surface area contributed by atoms with Gasteiger partial charge >= 0.3 is 0 Å². The number of aromatic nitrogens is 3. The van der Waals surface area contributed by atoms with Gasteiger partial charge in [0.1, 0.15) is 5.76 Å². The van der Waals surface area contributed by atoms with Gasteiger partial charge in [0.15, 0.2) is 5.16 Å². The van der Waals surface area contributed by atoms with E-state index in [4.69, 9.17) is 10.2 Å². The van der Waals surface area contributed by atoms with Gasteiger partial charge in [0, 0.05) is 13.1 Å². The Hall–Kier alpha value is -1.96. The number of carbonyl (C=O) groups excluding carboxylic acids is 1. The van der Waals surface area contributed by atoms with Gasteiger partial charge in [-0.2, -0.15) is 0 Å². The minimum Gasteiger partial charge on any atom is -0.467 e. The van der Waals surface area contributed by atoms with E-state index in [-0.39, 0.29) is 11.7 Å². The number of rotatable bonds is 6. The minimum absolute atomic E-state index is 0.184. The van der Waals surface area contributed by atoms with Crippen molar-refractivity contribution in [3.8, 4) is 0 Å². The van der Waals surface area contributed by atoms with Crippen LogP contribution in [-0.4, -0.2) is 39.5 Å². The summed E-state index contributed by atoms with van der Waals surface area (Å²) in [6.07, 6.45) is 2.88. The van der Waals surface area contributed by atoms with E-state index in [1.54, 1.807) is 6.26 Å². The van der Waals surface area contributed by atoms with E-state index in [0.29, 0.717) is 23.5 Å². The van der Waals surface area contributed by atoms with Gasteiger partial charge in [0.2, 0.25) is 11.9 Å². The van der Waals surface area contributed by atoms with Gasteiger partial charge in [-0.1, -0.05) is 25.6 Å². The van der Waals surface area contributed by atoms with Crippen molar-refractivity contribution in [3.05, 3.63) is 24.2 Å². The van der Waals surface area contributed by atoms with Crippen LogP contribution < -0.4 is 10.6 Å². The van der Waals surface area contributed by atoms with Gasteiger partial charge in [0.25, 0.3) is 0 Å². The molecule has 0 saturated carbocycles. The van der Waals surface area contributed by atoms with Crippen molar-refractivity contribution in [2.24, 2.45) is 17.6 Å². The van der Waals surface area contributed by atoms with Crippen molar-refractivity contribution in [2.75, 3.05) is 23.7 Å². The second kappa shape index (κ2) is 7.29. The minimum atomic E-state index is -0.366. The Morgan fingerprint density at radius 3 is 2.75 bits per heavy atom. The first kappa shape index (κ1) is 16.9. The number of hydrogen-bond acceptors (Lipinski definition) is 6. The Morgan fingerprint density at radius 2 is 2.12 bits per heavy atom. The summed E-state index contributed by atoms with van der Waals surface area (Å²) in [4.78, 5) is 13.4. The van der Waals surface area contributed by atoms with Gasteiger partial charge in [-0.15, -0.1) is 10.2 Å². The molecule has 2 aromatic heterocycles. The molecule has 1 aliphatic heterocycles. The number of hydrogen-bond donors (Lipinski definition) is 1. The molecule has 0 aromatic carbocycles. The van der Waals surface area contributed by atoms with Gasteiger partial charge in [-0.3, -0.25) is 9.36 Å². The summed E-state index contributed by atoms with van der Waals surface area (Å²) in [6.45, 7) is 6.98. The third kappa shape index (κ3) is 3.92. The molecule has 1 amide bonds. The molecule has 1 fully saturated rings. The summed E-state index contributed by atoms with van der Waals surface area (Å²) in [6, 6.07) is 3.79. The molecule has 7 nitrogen and oxygen atoms in total. The van der Waals surface area contributed by atoms with Crippen molar-refractivity contribution < 1.29 is 9.21 Å². The fraction of sp³-hybridized carbons (Fsp3) is 0.562. The third-order valence-electron chi connectivity index (χ3n) is 4.09. The first-order valence-corrected chi connectivity index (χ1v) is 9.13. The Kier molecular flexibility index (Phi) is 5.13. The fourth-order valence-corrected chi connectivity index (χ4v) is 3.95. The van der Waals surface area contributed by atoms with E-state index in [1.165, 1.54) is 18.2 Å². The third-order valence-corrected chi connectivity index (χ3v) is 5.08. The number of thioether (sulfide) groups is 1. The Balaban J connectivity index is 1.88. The van der Waals surface area contributed by atoms with Gasteiger partial charge in [0.05, 0.1) is 18.6 Å². The first-order valence-electron chi connectivity index (χ1n) is 8.14. The predicted molar refractivity (Wildman–Crippen MR) is 92.9 cm³/mol. The summed E-state index contributed by atoms with van der Waals surface area (Å²) < 4.78 is 7.49.